The first-order chi connectivity index (χ1) is 13.9. The molecule has 0 radical (unpaired) electrons. The minimum absolute atomic E-state index is 0.0872. The van der Waals surface area contributed by atoms with E-state index in [4.69, 9.17) is 11.6 Å². The van der Waals surface area contributed by atoms with Gasteiger partial charge in [0.15, 0.2) is 5.82 Å². The van der Waals surface area contributed by atoms with Gasteiger partial charge in [-0.3, -0.25) is 4.90 Å². The number of tetrazole rings is 1. The molecule has 0 saturated carbocycles. The van der Waals surface area contributed by atoms with Crippen LogP contribution >= 0.6 is 11.6 Å². The molecule has 0 spiro atoms. The summed E-state index contributed by atoms with van der Waals surface area (Å²) in [5.41, 5.74) is 2.09. The number of hydrogen-bond donors (Lipinski definition) is 0. The zero-order valence-corrected chi connectivity index (χ0v) is 17.9. The number of para-hydroxylation sites is 1. The molecule has 0 N–H and O–H groups in total. The Balaban J connectivity index is 1.66. The van der Waals surface area contributed by atoms with Crippen molar-refractivity contribution in [2.45, 2.75) is 32.4 Å². The molecule has 0 aliphatic carbocycles. The van der Waals surface area contributed by atoms with Crippen molar-refractivity contribution in [3.63, 3.8) is 0 Å². The molecule has 4 rings (SSSR count). The molecule has 2 aromatic carbocycles. The Labute approximate surface area is 177 Å². The van der Waals surface area contributed by atoms with Crippen LogP contribution in [-0.2, 0) is 5.54 Å². The number of aromatic nitrogens is 4. The van der Waals surface area contributed by atoms with Crippen molar-refractivity contribution in [1.82, 2.24) is 25.1 Å². The smallest absolute Gasteiger partial charge is 0.173 e. The van der Waals surface area contributed by atoms with E-state index >= 15 is 0 Å². The zero-order valence-electron chi connectivity index (χ0n) is 17.2. The molecular weight excluding hydrogens is 384 g/mol. The molecule has 6 nitrogen and oxygen atoms in total. The van der Waals surface area contributed by atoms with Gasteiger partial charge in [-0.05, 0) is 55.0 Å². The molecule has 1 atom stereocenters. The Morgan fingerprint density at radius 1 is 0.897 bits per heavy atom. The van der Waals surface area contributed by atoms with Crippen LogP contribution in [0, 0.1) is 0 Å². The minimum atomic E-state index is -0.218. The molecule has 152 valence electrons. The van der Waals surface area contributed by atoms with E-state index in [1.165, 1.54) is 5.69 Å². The topological polar surface area (TPSA) is 50.1 Å². The van der Waals surface area contributed by atoms with E-state index in [0.29, 0.717) is 0 Å². The molecule has 1 saturated heterocycles. The highest BCUT2D eigenvalue weighted by Gasteiger charge is 2.34. The highest BCUT2D eigenvalue weighted by atomic mass is 35.5. The highest BCUT2D eigenvalue weighted by molar-refractivity contribution is 6.31. The number of halogens is 1. The van der Waals surface area contributed by atoms with E-state index in [2.05, 4.69) is 82.5 Å². The Bertz CT molecular complexity index is 941. The van der Waals surface area contributed by atoms with E-state index in [1.54, 1.807) is 0 Å². The van der Waals surface area contributed by atoms with Gasteiger partial charge in [0.2, 0.25) is 0 Å². The van der Waals surface area contributed by atoms with Crippen LogP contribution in [0.1, 0.15) is 38.2 Å². The summed E-state index contributed by atoms with van der Waals surface area (Å²) in [7, 11) is 0. The SMILES string of the molecule is CC(C)(C)n1nnnc1C(c1ccccc1Cl)N1CCN(c2ccccc2)CC1. The van der Waals surface area contributed by atoms with Gasteiger partial charge in [-0.25, -0.2) is 4.68 Å². The summed E-state index contributed by atoms with van der Waals surface area (Å²) in [6, 6.07) is 18.5. The van der Waals surface area contributed by atoms with Gasteiger partial charge in [0.05, 0.1) is 11.6 Å². The molecule has 3 aromatic rings. The minimum Gasteiger partial charge on any atom is -0.369 e. The Morgan fingerprint density at radius 3 is 2.21 bits per heavy atom. The average Bonchev–Trinajstić information content (AvgIpc) is 3.21. The molecule has 7 heteroatoms. The summed E-state index contributed by atoms with van der Waals surface area (Å²) >= 11 is 6.63. The van der Waals surface area contributed by atoms with Crippen LogP contribution in [-0.4, -0.2) is 51.3 Å². The monoisotopic (exact) mass is 410 g/mol. The number of nitrogens with zero attached hydrogens (tertiary/aromatic N) is 6. The lowest BCUT2D eigenvalue weighted by Crippen LogP contribution is -2.48. The van der Waals surface area contributed by atoms with Crippen molar-refractivity contribution >= 4 is 17.3 Å². The average molecular weight is 411 g/mol. The summed E-state index contributed by atoms with van der Waals surface area (Å²) in [6.45, 7) is 10.0. The normalized spacial score (nSPS) is 16.8. The fourth-order valence-corrected chi connectivity index (χ4v) is 4.15. The summed E-state index contributed by atoms with van der Waals surface area (Å²) in [5, 5.41) is 13.5. The third kappa shape index (κ3) is 4.14. The van der Waals surface area contributed by atoms with Gasteiger partial charge in [-0.2, -0.15) is 0 Å². The molecule has 0 bridgehead atoms. The summed E-state index contributed by atoms with van der Waals surface area (Å²) in [4.78, 5) is 4.86. The van der Waals surface area contributed by atoms with Crippen molar-refractivity contribution in [1.29, 1.82) is 0 Å². The van der Waals surface area contributed by atoms with Crippen molar-refractivity contribution in [2.24, 2.45) is 0 Å². The molecule has 1 aliphatic rings. The number of hydrogen-bond acceptors (Lipinski definition) is 5. The Hall–Kier alpha value is -2.44. The first-order valence-corrected chi connectivity index (χ1v) is 10.4. The van der Waals surface area contributed by atoms with Gasteiger partial charge in [-0.15, -0.1) is 5.10 Å². The van der Waals surface area contributed by atoms with E-state index in [0.717, 1.165) is 42.6 Å². The lowest BCUT2D eigenvalue weighted by Gasteiger charge is -2.40. The molecule has 29 heavy (non-hydrogen) atoms. The molecule has 1 aliphatic heterocycles. The predicted octanol–water partition coefficient (Wildman–Crippen LogP) is 3.99. The van der Waals surface area contributed by atoms with Crippen LogP contribution in [0.2, 0.25) is 5.02 Å². The molecule has 1 aromatic heterocycles. The van der Waals surface area contributed by atoms with Crippen molar-refractivity contribution in [3.05, 3.63) is 71.0 Å². The second-order valence-electron chi connectivity index (χ2n) is 8.40. The standard InChI is InChI=1S/C22H27ClN6/c1-22(2,3)29-21(24-25-26-29)20(18-11-7-8-12-19(18)23)28-15-13-27(14-16-28)17-9-5-4-6-10-17/h4-12,20H,13-16H2,1-3H3. The molecule has 1 fully saturated rings. The van der Waals surface area contributed by atoms with Gasteiger partial charge in [0.25, 0.3) is 0 Å². The van der Waals surface area contributed by atoms with Crippen molar-refractivity contribution in [2.75, 3.05) is 31.1 Å². The van der Waals surface area contributed by atoms with Crippen LogP contribution in [0.5, 0.6) is 0 Å². The Kier molecular flexibility index (Phi) is 5.56. The van der Waals surface area contributed by atoms with Gasteiger partial charge in [0.1, 0.15) is 0 Å². The molecule has 2 heterocycles. The van der Waals surface area contributed by atoms with Crippen molar-refractivity contribution in [3.8, 4) is 0 Å². The zero-order chi connectivity index (χ0) is 20.4. The third-order valence-corrected chi connectivity index (χ3v) is 5.72. The van der Waals surface area contributed by atoms with E-state index in [-0.39, 0.29) is 11.6 Å². The molecule has 0 amide bonds. The van der Waals surface area contributed by atoms with E-state index in [1.807, 2.05) is 22.9 Å². The fourth-order valence-electron chi connectivity index (χ4n) is 3.92. The number of anilines is 1. The summed E-state index contributed by atoms with van der Waals surface area (Å²) in [5.74, 6) is 0.832. The van der Waals surface area contributed by atoms with Gasteiger partial charge >= 0.3 is 0 Å². The first kappa shape index (κ1) is 19.9. The number of piperazine rings is 1. The number of rotatable bonds is 4. The molecular formula is C22H27ClN6. The summed E-state index contributed by atoms with van der Waals surface area (Å²) in [6.07, 6.45) is 0. The Morgan fingerprint density at radius 2 is 1.55 bits per heavy atom. The second-order valence-corrected chi connectivity index (χ2v) is 8.81. The first-order valence-electron chi connectivity index (χ1n) is 10.0. The number of benzene rings is 2. The van der Waals surface area contributed by atoms with Crippen LogP contribution in [0.3, 0.4) is 0 Å². The van der Waals surface area contributed by atoms with Gasteiger partial charge in [0, 0.05) is 36.9 Å². The highest BCUT2D eigenvalue weighted by Crippen LogP contribution is 2.34. The van der Waals surface area contributed by atoms with Gasteiger partial charge in [-0.1, -0.05) is 48.0 Å². The second kappa shape index (κ2) is 8.13. The van der Waals surface area contributed by atoms with Crippen LogP contribution in [0.25, 0.3) is 0 Å². The lowest BCUT2D eigenvalue weighted by atomic mass is 10.0. The maximum Gasteiger partial charge on any atom is 0.173 e. The fraction of sp³-hybridized carbons (Fsp3) is 0.409. The van der Waals surface area contributed by atoms with Gasteiger partial charge < -0.3 is 4.90 Å². The lowest BCUT2D eigenvalue weighted by molar-refractivity contribution is 0.191. The van der Waals surface area contributed by atoms with Crippen molar-refractivity contribution < 1.29 is 0 Å². The van der Waals surface area contributed by atoms with E-state index < -0.39 is 0 Å². The van der Waals surface area contributed by atoms with Crippen LogP contribution in [0.4, 0.5) is 5.69 Å². The summed E-state index contributed by atoms with van der Waals surface area (Å²) < 4.78 is 1.92. The third-order valence-electron chi connectivity index (χ3n) is 5.37. The largest absolute Gasteiger partial charge is 0.369 e. The molecule has 1 unspecified atom stereocenters. The quantitative estimate of drug-likeness (QED) is 0.650. The van der Waals surface area contributed by atoms with Crippen LogP contribution in [0.15, 0.2) is 54.6 Å². The predicted molar refractivity (Wildman–Crippen MR) is 116 cm³/mol. The van der Waals surface area contributed by atoms with E-state index in [9.17, 15) is 0 Å². The maximum atomic E-state index is 6.63. The maximum absolute atomic E-state index is 6.63. The van der Waals surface area contributed by atoms with Crippen LogP contribution < -0.4 is 4.90 Å².